The molecule has 7 heteroatoms. The molecule has 86 valence electrons. The number of hydrogen-bond donors (Lipinski definition) is 1. The van der Waals surface area contributed by atoms with Crippen molar-refractivity contribution in [3.05, 3.63) is 11.5 Å². The Bertz CT molecular complexity index is 490. The van der Waals surface area contributed by atoms with E-state index in [1.807, 2.05) is 25.9 Å². The van der Waals surface area contributed by atoms with Crippen LogP contribution in [0.25, 0.3) is 10.8 Å². The predicted molar refractivity (Wildman–Crippen MR) is 61.9 cm³/mol. The van der Waals surface area contributed by atoms with E-state index >= 15 is 0 Å². The number of aryl methyl sites for hydroxylation is 1. The van der Waals surface area contributed by atoms with E-state index in [0.29, 0.717) is 23.4 Å². The number of nitrogens with two attached hydrogens (primary N) is 1. The molecule has 0 amide bonds. The number of anilines is 1. The first-order valence-electron chi connectivity index (χ1n) is 4.77. The Morgan fingerprint density at radius 3 is 2.69 bits per heavy atom. The van der Waals surface area contributed by atoms with Crippen LogP contribution in [0.2, 0.25) is 0 Å². The molecule has 0 fully saturated rings. The van der Waals surface area contributed by atoms with Gasteiger partial charge in [-0.05, 0) is 21.0 Å². The van der Waals surface area contributed by atoms with Gasteiger partial charge in [0.25, 0.3) is 5.89 Å². The van der Waals surface area contributed by atoms with E-state index in [0.717, 1.165) is 10.6 Å². The molecule has 2 rings (SSSR count). The van der Waals surface area contributed by atoms with Gasteiger partial charge in [-0.25, -0.2) is 4.98 Å². The van der Waals surface area contributed by atoms with Gasteiger partial charge in [-0.2, -0.15) is 4.98 Å². The third-order valence-corrected chi connectivity index (χ3v) is 2.91. The Labute approximate surface area is 97.1 Å². The van der Waals surface area contributed by atoms with Crippen molar-refractivity contribution < 1.29 is 4.52 Å². The Hall–Kier alpha value is -1.47. The summed E-state index contributed by atoms with van der Waals surface area (Å²) in [4.78, 5) is 11.2. The smallest absolute Gasteiger partial charge is 0.270 e. The fourth-order valence-electron chi connectivity index (χ4n) is 1.31. The topological polar surface area (TPSA) is 81.1 Å². The van der Waals surface area contributed by atoms with E-state index in [-0.39, 0.29) is 0 Å². The normalized spacial score (nSPS) is 11.2. The fraction of sp³-hybridized carbons (Fsp3) is 0.444. The highest BCUT2D eigenvalue weighted by Crippen LogP contribution is 2.29. The van der Waals surface area contributed by atoms with Gasteiger partial charge >= 0.3 is 0 Å². The van der Waals surface area contributed by atoms with Gasteiger partial charge in [0.1, 0.15) is 4.88 Å². The van der Waals surface area contributed by atoms with E-state index in [2.05, 4.69) is 15.1 Å². The molecule has 0 aliphatic rings. The maximum atomic E-state index is 5.61. The van der Waals surface area contributed by atoms with Crippen LogP contribution in [0.3, 0.4) is 0 Å². The second-order valence-electron chi connectivity index (χ2n) is 3.72. The van der Waals surface area contributed by atoms with Crippen LogP contribution in [0.5, 0.6) is 0 Å². The predicted octanol–water partition coefficient (Wildman–Crippen LogP) is 1.15. The summed E-state index contributed by atoms with van der Waals surface area (Å²) in [6.07, 6.45) is 0. The van der Waals surface area contributed by atoms with Crippen LogP contribution < -0.4 is 5.73 Å². The molecule has 0 spiro atoms. The van der Waals surface area contributed by atoms with E-state index < -0.39 is 0 Å². The van der Waals surface area contributed by atoms with Gasteiger partial charge in [-0.1, -0.05) is 16.5 Å². The van der Waals surface area contributed by atoms with Crippen LogP contribution in [0, 0.1) is 6.92 Å². The second kappa shape index (κ2) is 4.18. The third kappa shape index (κ3) is 2.20. The van der Waals surface area contributed by atoms with Crippen LogP contribution in [0.1, 0.15) is 11.5 Å². The average Bonchev–Trinajstić information content (AvgIpc) is 2.72. The Morgan fingerprint density at radius 1 is 1.38 bits per heavy atom. The number of nitrogens with zero attached hydrogens (tertiary/aromatic N) is 4. The highest BCUT2D eigenvalue weighted by molar-refractivity contribution is 7.18. The lowest BCUT2D eigenvalue weighted by atomic mass is 10.4. The Balaban J connectivity index is 2.28. The Morgan fingerprint density at radius 2 is 2.12 bits per heavy atom. The summed E-state index contributed by atoms with van der Waals surface area (Å²) >= 11 is 1.36. The number of rotatable bonds is 3. The summed E-state index contributed by atoms with van der Waals surface area (Å²) in [7, 11) is 3.90. The number of hydrogen-bond acceptors (Lipinski definition) is 7. The van der Waals surface area contributed by atoms with E-state index in [4.69, 9.17) is 10.3 Å². The summed E-state index contributed by atoms with van der Waals surface area (Å²) in [5, 5.41) is 4.41. The lowest BCUT2D eigenvalue weighted by molar-refractivity contribution is 0.366. The fourth-order valence-corrected chi connectivity index (χ4v) is 2.06. The van der Waals surface area contributed by atoms with Crippen LogP contribution in [-0.4, -0.2) is 34.1 Å². The highest BCUT2D eigenvalue weighted by Gasteiger charge is 2.15. The van der Waals surface area contributed by atoms with E-state index in [1.165, 1.54) is 11.3 Å². The maximum absolute atomic E-state index is 5.61. The molecule has 0 aliphatic heterocycles. The van der Waals surface area contributed by atoms with Gasteiger partial charge in [-0.15, -0.1) is 0 Å². The average molecular weight is 239 g/mol. The molecule has 0 atom stereocenters. The molecule has 0 unspecified atom stereocenters. The molecule has 2 aromatic rings. The number of nitrogen functional groups attached to an aromatic ring is 1. The molecule has 0 saturated heterocycles. The van der Waals surface area contributed by atoms with Gasteiger partial charge in [0, 0.05) is 0 Å². The van der Waals surface area contributed by atoms with Gasteiger partial charge in [0.2, 0.25) is 0 Å². The zero-order valence-corrected chi connectivity index (χ0v) is 10.2. The summed E-state index contributed by atoms with van der Waals surface area (Å²) in [6, 6.07) is 0. The SMILES string of the molecule is Cc1nc(N)sc1-c1nc(CN(C)C)no1. The molecule has 0 radical (unpaired) electrons. The third-order valence-electron chi connectivity index (χ3n) is 1.93. The van der Waals surface area contributed by atoms with Crippen molar-refractivity contribution in [1.82, 2.24) is 20.0 Å². The van der Waals surface area contributed by atoms with Gasteiger partial charge < -0.3 is 15.2 Å². The number of aromatic nitrogens is 3. The van der Waals surface area contributed by atoms with Crippen molar-refractivity contribution in [3.8, 4) is 10.8 Å². The monoisotopic (exact) mass is 239 g/mol. The quantitative estimate of drug-likeness (QED) is 0.865. The molecule has 0 aromatic carbocycles. The molecule has 2 N–H and O–H groups in total. The highest BCUT2D eigenvalue weighted by atomic mass is 32.1. The lowest BCUT2D eigenvalue weighted by Crippen LogP contribution is -2.11. The first-order valence-corrected chi connectivity index (χ1v) is 5.58. The summed E-state index contributed by atoms with van der Waals surface area (Å²) in [5.74, 6) is 1.15. The summed E-state index contributed by atoms with van der Waals surface area (Å²) in [5.41, 5.74) is 6.44. The van der Waals surface area contributed by atoms with Crippen molar-refractivity contribution in [2.24, 2.45) is 0 Å². The van der Waals surface area contributed by atoms with E-state index in [9.17, 15) is 0 Å². The van der Waals surface area contributed by atoms with Gasteiger partial charge in [-0.3, -0.25) is 0 Å². The second-order valence-corrected chi connectivity index (χ2v) is 4.75. The first-order chi connectivity index (χ1) is 7.56. The molecular formula is C9H13N5OS. The molecule has 0 saturated carbocycles. The molecule has 16 heavy (non-hydrogen) atoms. The lowest BCUT2D eigenvalue weighted by Gasteiger charge is -2.03. The molecule has 2 heterocycles. The van der Waals surface area contributed by atoms with Gasteiger partial charge in [0.15, 0.2) is 11.0 Å². The minimum absolute atomic E-state index is 0.489. The Kier molecular flexibility index (Phi) is 2.88. The number of thiazole rings is 1. The zero-order chi connectivity index (χ0) is 11.7. The minimum atomic E-state index is 0.489. The minimum Gasteiger partial charge on any atom is -0.375 e. The molecule has 2 aromatic heterocycles. The van der Waals surface area contributed by atoms with Crippen LogP contribution in [0.4, 0.5) is 5.13 Å². The summed E-state index contributed by atoms with van der Waals surface area (Å²) in [6.45, 7) is 2.52. The van der Waals surface area contributed by atoms with Crippen molar-refractivity contribution in [1.29, 1.82) is 0 Å². The first kappa shape index (κ1) is 11.0. The zero-order valence-electron chi connectivity index (χ0n) is 9.39. The molecular weight excluding hydrogens is 226 g/mol. The van der Waals surface area contributed by atoms with Crippen LogP contribution in [0.15, 0.2) is 4.52 Å². The van der Waals surface area contributed by atoms with Crippen molar-refractivity contribution in [3.63, 3.8) is 0 Å². The maximum Gasteiger partial charge on any atom is 0.270 e. The molecule has 0 bridgehead atoms. The van der Waals surface area contributed by atoms with Gasteiger partial charge in [0.05, 0.1) is 12.2 Å². The summed E-state index contributed by atoms with van der Waals surface area (Å²) < 4.78 is 5.17. The van der Waals surface area contributed by atoms with Crippen molar-refractivity contribution in [2.75, 3.05) is 19.8 Å². The molecule has 0 aliphatic carbocycles. The van der Waals surface area contributed by atoms with Crippen LogP contribution in [-0.2, 0) is 6.54 Å². The standard InChI is InChI=1S/C9H13N5OS/c1-5-7(16-9(10)11-5)8-12-6(13-15-8)4-14(2)3/h4H2,1-3H3,(H2,10,11). The molecule has 6 nitrogen and oxygen atoms in total. The largest absolute Gasteiger partial charge is 0.375 e. The van der Waals surface area contributed by atoms with Crippen molar-refractivity contribution in [2.45, 2.75) is 13.5 Å². The van der Waals surface area contributed by atoms with Crippen molar-refractivity contribution >= 4 is 16.5 Å². The van der Waals surface area contributed by atoms with Crippen LogP contribution >= 0.6 is 11.3 Å². The van der Waals surface area contributed by atoms with E-state index in [1.54, 1.807) is 0 Å².